The van der Waals surface area contributed by atoms with Gasteiger partial charge >= 0.3 is 0 Å². The van der Waals surface area contributed by atoms with Crippen LogP contribution in [0.1, 0.15) is 31.2 Å². The average molecular weight is 410 g/mol. The van der Waals surface area contributed by atoms with Gasteiger partial charge in [0.25, 0.3) is 0 Å². The van der Waals surface area contributed by atoms with Crippen LogP contribution in [0.3, 0.4) is 0 Å². The van der Waals surface area contributed by atoms with Crippen LogP contribution in [0.15, 0.2) is 45.9 Å². The Morgan fingerprint density at radius 2 is 2.10 bits per heavy atom. The number of fused-ring (bicyclic) bond motifs is 3. The summed E-state index contributed by atoms with van der Waals surface area (Å²) >= 11 is 6.33. The van der Waals surface area contributed by atoms with Crippen LogP contribution in [0.25, 0.3) is 11.8 Å². The lowest BCUT2D eigenvalue weighted by Gasteiger charge is -2.29. The fourth-order valence-electron chi connectivity index (χ4n) is 4.56. The molecule has 0 aromatic carbocycles. The van der Waals surface area contributed by atoms with Crippen LogP contribution < -0.4 is 20.3 Å². The van der Waals surface area contributed by atoms with Gasteiger partial charge < -0.3 is 14.6 Å². The summed E-state index contributed by atoms with van der Waals surface area (Å²) < 4.78 is 6.10. The molecule has 0 saturated heterocycles. The molecule has 2 aromatic heterocycles. The molecule has 2 aliphatic heterocycles. The van der Waals surface area contributed by atoms with Gasteiger partial charge in [0.1, 0.15) is 5.75 Å². The van der Waals surface area contributed by atoms with E-state index >= 15 is 0 Å². The molecule has 4 heterocycles. The Bertz CT molecular complexity index is 1080. The topological polar surface area (TPSA) is 65.9 Å². The van der Waals surface area contributed by atoms with E-state index in [1.165, 1.54) is 11.3 Å². The van der Waals surface area contributed by atoms with Crippen molar-refractivity contribution < 1.29 is 4.74 Å². The van der Waals surface area contributed by atoms with E-state index in [9.17, 15) is 0 Å². The van der Waals surface area contributed by atoms with Gasteiger partial charge in [-0.15, -0.1) is 0 Å². The van der Waals surface area contributed by atoms with Crippen molar-refractivity contribution in [3.05, 3.63) is 51.9 Å². The molecule has 0 atom stereocenters. The van der Waals surface area contributed by atoms with E-state index in [-0.39, 0.29) is 6.10 Å². The summed E-state index contributed by atoms with van der Waals surface area (Å²) in [6.45, 7) is 1.40. The lowest BCUT2D eigenvalue weighted by Crippen LogP contribution is -2.28. The van der Waals surface area contributed by atoms with Crippen LogP contribution >= 0.6 is 11.6 Å². The first kappa shape index (κ1) is 18.4. The molecule has 0 radical (unpaired) electrons. The third-order valence-corrected chi connectivity index (χ3v) is 6.25. The maximum absolute atomic E-state index is 6.33. The Morgan fingerprint density at radius 3 is 2.90 bits per heavy atom. The largest absolute Gasteiger partial charge is 0.489 e. The van der Waals surface area contributed by atoms with E-state index in [0.717, 1.165) is 59.4 Å². The Hall–Kier alpha value is -2.60. The van der Waals surface area contributed by atoms with E-state index in [2.05, 4.69) is 32.1 Å². The molecule has 1 aliphatic carbocycles. The van der Waals surface area contributed by atoms with Gasteiger partial charge in [0.2, 0.25) is 0 Å². The monoisotopic (exact) mass is 409 g/mol. The van der Waals surface area contributed by atoms with Crippen molar-refractivity contribution in [1.82, 2.24) is 9.97 Å². The predicted molar refractivity (Wildman–Crippen MR) is 114 cm³/mol. The second-order valence-corrected chi connectivity index (χ2v) is 8.36. The number of likely N-dealkylation sites (N-methyl/N-ethyl adjacent to an activating group) is 1. The van der Waals surface area contributed by atoms with Crippen molar-refractivity contribution >= 4 is 29.1 Å². The highest BCUT2D eigenvalue weighted by atomic mass is 35.5. The van der Waals surface area contributed by atoms with Gasteiger partial charge in [0.05, 0.1) is 40.9 Å². The number of hydrogen-bond acceptors (Lipinski definition) is 5. The highest BCUT2D eigenvalue weighted by molar-refractivity contribution is 6.34. The number of nitrogens with zero attached hydrogens (tertiary/aromatic N) is 4. The molecule has 29 heavy (non-hydrogen) atoms. The second-order valence-electron chi connectivity index (χ2n) is 7.92. The molecule has 6 nitrogen and oxygen atoms in total. The fraction of sp³-hybridized carbons (Fsp3) is 0.409. The summed E-state index contributed by atoms with van der Waals surface area (Å²) in [5, 5.41) is 12.0. The number of nitrogens with one attached hydrogen (secondary N) is 1. The fourth-order valence-corrected chi connectivity index (χ4v) is 4.74. The second kappa shape index (κ2) is 7.67. The van der Waals surface area contributed by atoms with Gasteiger partial charge in [-0.05, 0) is 50.0 Å². The average Bonchev–Trinajstić information content (AvgIpc) is 3.04. The minimum absolute atomic E-state index is 0.236. The van der Waals surface area contributed by atoms with Gasteiger partial charge in [0.15, 0.2) is 0 Å². The first-order valence-electron chi connectivity index (χ1n) is 10.2. The number of hydrogen-bond donors (Lipinski definition) is 1. The number of allylic oxidation sites excluding steroid dienone is 1. The van der Waals surface area contributed by atoms with Crippen LogP contribution in [0.2, 0.25) is 0 Å². The number of rotatable bonds is 3. The minimum atomic E-state index is 0.236. The lowest BCUT2D eigenvalue weighted by molar-refractivity contribution is 0.142. The molecule has 0 bridgehead atoms. The zero-order valence-corrected chi connectivity index (χ0v) is 17.2. The van der Waals surface area contributed by atoms with Gasteiger partial charge in [-0.2, -0.15) is 10.2 Å². The smallest absolute Gasteiger partial charge is 0.137 e. The van der Waals surface area contributed by atoms with Crippen LogP contribution in [-0.4, -0.2) is 29.7 Å². The zero-order valence-electron chi connectivity index (χ0n) is 16.4. The van der Waals surface area contributed by atoms with Crippen LogP contribution in [-0.2, 0) is 6.54 Å². The van der Waals surface area contributed by atoms with Gasteiger partial charge in [-0.25, -0.2) is 0 Å². The third kappa shape index (κ3) is 3.57. The summed E-state index contributed by atoms with van der Waals surface area (Å²) in [4.78, 5) is 9.96. The molecule has 0 amide bonds. The molecule has 5 rings (SSSR count). The first-order valence-corrected chi connectivity index (χ1v) is 10.5. The normalized spacial score (nSPS) is 23.6. The number of ether oxygens (including phenoxy) is 1. The standard InChI is InChI=1S/C22H24ClN5O/c1-28-10-8-15(23)11-19-22(28)18-13-25-27-20(21(18)26-19)14-4-6-16(7-5-14)29-17-3-2-9-24-12-17/h2-3,8-9,11-12,14,16,26H,4-7,10,13H2,1H3. The molecule has 0 unspecified atom stereocenters. The molecule has 0 spiro atoms. The lowest BCUT2D eigenvalue weighted by atomic mass is 9.84. The van der Waals surface area contributed by atoms with Gasteiger partial charge in [0, 0.05) is 36.3 Å². The molecule has 1 saturated carbocycles. The predicted octanol–water partition coefficient (Wildman–Crippen LogP) is 3.47. The zero-order chi connectivity index (χ0) is 19.8. The highest BCUT2D eigenvalue weighted by Gasteiger charge is 2.29. The van der Waals surface area contributed by atoms with E-state index in [0.29, 0.717) is 12.5 Å². The Kier molecular flexibility index (Phi) is 4.87. The summed E-state index contributed by atoms with van der Waals surface area (Å²) in [6.07, 6.45) is 11.9. The van der Waals surface area contributed by atoms with E-state index < -0.39 is 0 Å². The third-order valence-electron chi connectivity index (χ3n) is 5.99. The van der Waals surface area contributed by atoms with Crippen molar-refractivity contribution in [2.24, 2.45) is 16.1 Å². The van der Waals surface area contributed by atoms with Crippen molar-refractivity contribution in [3.8, 4) is 5.75 Å². The SMILES string of the molecule is CN1CC=C(Cl)C=c2[nH]c3c(c21)CN=NC=3C1CCC(Oc2cccnc2)CC1. The van der Waals surface area contributed by atoms with E-state index in [1.807, 2.05) is 24.3 Å². The number of H-pyrrole nitrogens is 1. The number of azo groups is 1. The van der Waals surface area contributed by atoms with E-state index in [4.69, 9.17) is 16.3 Å². The number of aromatic nitrogens is 2. The number of pyridine rings is 1. The number of aromatic amines is 1. The van der Waals surface area contributed by atoms with Crippen molar-refractivity contribution in [2.45, 2.75) is 38.3 Å². The summed E-state index contributed by atoms with van der Waals surface area (Å²) in [6, 6.07) is 3.87. The molecule has 150 valence electrons. The number of anilines is 1. The molecular formula is C22H24ClN5O. The summed E-state index contributed by atoms with van der Waals surface area (Å²) in [5.41, 5.74) is 3.51. The molecule has 7 heteroatoms. The summed E-state index contributed by atoms with van der Waals surface area (Å²) in [5.74, 6) is 1.24. The first-order chi connectivity index (χ1) is 14.2. The quantitative estimate of drug-likeness (QED) is 0.844. The van der Waals surface area contributed by atoms with Crippen molar-refractivity contribution in [3.63, 3.8) is 0 Å². The van der Waals surface area contributed by atoms with Gasteiger partial charge in [-0.3, -0.25) is 4.98 Å². The molecule has 1 N–H and O–H groups in total. The molecule has 1 fully saturated rings. The van der Waals surface area contributed by atoms with E-state index in [1.54, 1.807) is 12.4 Å². The maximum Gasteiger partial charge on any atom is 0.137 e. The van der Waals surface area contributed by atoms with Crippen molar-refractivity contribution in [2.75, 3.05) is 18.5 Å². The highest BCUT2D eigenvalue weighted by Crippen LogP contribution is 2.34. The Balaban J connectivity index is 1.42. The number of halogens is 1. The molecule has 2 aromatic rings. The minimum Gasteiger partial charge on any atom is -0.489 e. The van der Waals surface area contributed by atoms with Crippen molar-refractivity contribution in [1.29, 1.82) is 0 Å². The van der Waals surface area contributed by atoms with Crippen LogP contribution in [0.4, 0.5) is 5.69 Å². The maximum atomic E-state index is 6.33. The van der Waals surface area contributed by atoms with Crippen LogP contribution in [0.5, 0.6) is 5.75 Å². The molecule has 3 aliphatic rings. The molecular weight excluding hydrogens is 386 g/mol. The summed E-state index contributed by atoms with van der Waals surface area (Å²) in [7, 11) is 2.10. The van der Waals surface area contributed by atoms with Gasteiger partial charge in [-0.1, -0.05) is 11.6 Å². The Labute approximate surface area is 174 Å². The Morgan fingerprint density at radius 1 is 1.24 bits per heavy atom. The van der Waals surface area contributed by atoms with Crippen LogP contribution in [0, 0.1) is 5.92 Å².